The van der Waals surface area contributed by atoms with E-state index in [1.807, 2.05) is 18.2 Å². The fourth-order valence-electron chi connectivity index (χ4n) is 1.88. The maximum atomic E-state index is 11.6. The van der Waals surface area contributed by atoms with Gasteiger partial charge in [-0.25, -0.2) is 4.98 Å². The first-order valence-electron chi connectivity index (χ1n) is 6.86. The van der Waals surface area contributed by atoms with Gasteiger partial charge in [-0.3, -0.25) is 4.79 Å². The Balaban J connectivity index is 0.00000264. The Hall–Kier alpha value is -1.33. The molecule has 0 bridgehead atoms. The Morgan fingerprint density at radius 3 is 2.39 bits per heavy atom. The van der Waals surface area contributed by atoms with E-state index in [0.717, 1.165) is 6.42 Å². The second kappa shape index (κ2) is 10.4. The number of pyridine rings is 1. The molecule has 0 spiro atoms. The topological polar surface area (TPSA) is 51.2 Å². The number of halogens is 3. The van der Waals surface area contributed by atoms with Crippen molar-refractivity contribution in [2.24, 2.45) is 0 Å². The molecular weight excluding hydrogens is 359 g/mol. The van der Waals surface area contributed by atoms with Crippen molar-refractivity contribution in [2.45, 2.75) is 13.0 Å². The van der Waals surface area contributed by atoms with Crippen molar-refractivity contribution in [2.75, 3.05) is 13.1 Å². The Morgan fingerprint density at radius 2 is 1.74 bits per heavy atom. The number of benzene rings is 1. The molecule has 1 heterocycles. The third-order valence-electron chi connectivity index (χ3n) is 2.93. The number of nitrogens with one attached hydrogen (secondary N) is 1. The zero-order chi connectivity index (χ0) is 15.8. The number of aromatic nitrogens is 1. The van der Waals surface area contributed by atoms with E-state index in [1.54, 1.807) is 12.1 Å². The molecule has 0 aliphatic carbocycles. The summed E-state index contributed by atoms with van der Waals surface area (Å²) in [5, 5.41) is 3.61. The van der Waals surface area contributed by atoms with Crippen LogP contribution in [0, 0.1) is 0 Å². The first kappa shape index (κ1) is 19.7. The van der Waals surface area contributed by atoms with Gasteiger partial charge in [-0.1, -0.05) is 53.5 Å². The minimum absolute atomic E-state index is 0. The molecule has 0 atom stereocenters. The molecule has 1 aromatic carbocycles. The average Bonchev–Trinajstić information content (AvgIpc) is 2.50. The van der Waals surface area contributed by atoms with E-state index in [-0.39, 0.29) is 41.8 Å². The Bertz CT molecular complexity index is 604. The van der Waals surface area contributed by atoms with Crippen molar-refractivity contribution in [3.8, 4) is 0 Å². The molecule has 4 nitrogen and oxygen atoms in total. The predicted octanol–water partition coefficient (Wildman–Crippen LogP) is 3.69. The van der Waals surface area contributed by atoms with Gasteiger partial charge in [-0.15, -0.1) is 12.4 Å². The Kier molecular flexibility index (Phi) is 8.95. The second-order valence-electron chi connectivity index (χ2n) is 4.69. The SMILES string of the molecule is Cl.O=C(CNCCc1ccccc1)OCc1cc(Cl)nc(Cl)c1. The van der Waals surface area contributed by atoms with Gasteiger partial charge in [0.2, 0.25) is 0 Å². The van der Waals surface area contributed by atoms with Gasteiger partial charge in [-0.2, -0.15) is 0 Å². The summed E-state index contributed by atoms with van der Waals surface area (Å²) in [6.45, 7) is 1.01. The highest BCUT2D eigenvalue weighted by molar-refractivity contribution is 6.32. The molecule has 2 rings (SSSR count). The van der Waals surface area contributed by atoms with E-state index in [2.05, 4.69) is 22.4 Å². The van der Waals surface area contributed by atoms with E-state index in [4.69, 9.17) is 27.9 Å². The van der Waals surface area contributed by atoms with E-state index in [9.17, 15) is 4.79 Å². The van der Waals surface area contributed by atoms with Crippen LogP contribution in [0.5, 0.6) is 0 Å². The number of carbonyl (C=O) groups is 1. The van der Waals surface area contributed by atoms with Crippen molar-refractivity contribution >= 4 is 41.6 Å². The fourth-order valence-corrected chi connectivity index (χ4v) is 2.39. The lowest BCUT2D eigenvalue weighted by Gasteiger charge is -2.07. The number of nitrogens with zero attached hydrogens (tertiary/aromatic N) is 1. The lowest BCUT2D eigenvalue weighted by molar-refractivity contribution is -0.143. The second-order valence-corrected chi connectivity index (χ2v) is 5.47. The van der Waals surface area contributed by atoms with E-state index in [1.165, 1.54) is 5.56 Å². The Labute approximate surface area is 151 Å². The van der Waals surface area contributed by atoms with Gasteiger partial charge >= 0.3 is 5.97 Å². The first-order chi connectivity index (χ1) is 10.6. The van der Waals surface area contributed by atoms with Crippen LogP contribution in [0.2, 0.25) is 10.3 Å². The summed E-state index contributed by atoms with van der Waals surface area (Å²) in [5.41, 5.74) is 1.94. The molecule has 0 unspecified atom stereocenters. The van der Waals surface area contributed by atoms with Crippen LogP contribution in [-0.2, 0) is 22.6 Å². The summed E-state index contributed by atoms with van der Waals surface area (Å²) in [5.74, 6) is -0.322. The zero-order valence-corrected chi connectivity index (χ0v) is 14.6. The minimum Gasteiger partial charge on any atom is -0.460 e. The van der Waals surface area contributed by atoms with Gasteiger partial charge in [0.25, 0.3) is 0 Å². The van der Waals surface area contributed by atoms with E-state index in [0.29, 0.717) is 12.1 Å². The quantitative estimate of drug-likeness (QED) is 0.455. The summed E-state index contributed by atoms with van der Waals surface area (Å²) in [7, 11) is 0. The molecule has 23 heavy (non-hydrogen) atoms. The molecule has 2 aromatic rings. The molecule has 0 radical (unpaired) electrons. The molecule has 0 aliphatic rings. The molecule has 0 aliphatic heterocycles. The van der Waals surface area contributed by atoms with Crippen molar-refractivity contribution < 1.29 is 9.53 Å². The highest BCUT2D eigenvalue weighted by Gasteiger charge is 2.05. The van der Waals surface area contributed by atoms with Crippen molar-refractivity contribution in [1.82, 2.24) is 10.3 Å². The van der Waals surface area contributed by atoms with Crippen LogP contribution in [0.1, 0.15) is 11.1 Å². The van der Waals surface area contributed by atoms with Crippen LogP contribution in [0.25, 0.3) is 0 Å². The average molecular weight is 376 g/mol. The third kappa shape index (κ3) is 7.66. The lowest BCUT2D eigenvalue weighted by atomic mass is 10.1. The van der Waals surface area contributed by atoms with Crippen LogP contribution in [0.3, 0.4) is 0 Å². The summed E-state index contributed by atoms with van der Waals surface area (Å²) in [6, 6.07) is 13.3. The summed E-state index contributed by atoms with van der Waals surface area (Å²) < 4.78 is 5.14. The van der Waals surface area contributed by atoms with E-state index < -0.39 is 0 Å². The van der Waals surface area contributed by atoms with Gasteiger partial charge in [-0.05, 0) is 36.2 Å². The highest BCUT2D eigenvalue weighted by atomic mass is 35.5. The number of hydrogen-bond donors (Lipinski definition) is 1. The smallest absolute Gasteiger partial charge is 0.320 e. The van der Waals surface area contributed by atoms with Crippen molar-refractivity contribution in [3.05, 3.63) is 63.9 Å². The van der Waals surface area contributed by atoms with E-state index >= 15 is 0 Å². The van der Waals surface area contributed by atoms with Gasteiger partial charge in [0, 0.05) is 0 Å². The first-order valence-corrected chi connectivity index (χ1v) is 7.61. The third-order valence-corrected chi connectivity index (χ3v) is 3.31. The summed E-state index contributed by atoms with van der Waals surface area (Å²) in [6.07, 6.45) is 0.865. The standard InChI is InChI=1S/C16H16Cl2N2O2.ClH/c17-14-8-13(9-15(18)20-14)11-22-16(21)10-19-7-6-12-4-2-1-3-5-12;/h1-5,8-9,19H,6-7,10-11H2;1H. The number of ether oxygens (including phenoxy) is 1. The van der Waals surface area contributed by atoms with Crippen LogP contribution >= 0.6 is 35.6 Å². The molecule has 0 saturated carbocycles. The number of rotatable bonds is 7. The highest BCUT2D eigenvalue weighted by Crippen LogP contribution is 2.15. The van der Waals surface area contributed by atoms with Gasteiger partial charge in [0.15, 0.2) is 0 Å². The summed E-state index contributed by atoms with van der Waals surface area (Å²) >= 11 is 11.6. The normalized spacial score (nSPS) is 10.0. The van der Waals surface area contributed by atoms with Crippen LogP contribution in [0.4, 0.5) is 0 Å². The molecule has 0 saturated heterocycles. The summed E-state index contributed by atoms with van der Waals surface area (Å²) in [4.78, 5) is 15.5. The lowest BCUT2D eigenvalue weighted by Crippen LogP contribution is -2.26. The number of esters is 1. The van der Waals surface area contributed by atoms with Crippen LogP contribution < -0.4 is 5.32 Å². The molecule has 7 heteroatoms. The van der Waals surface area contributed by atoms with Crippen molar-refractivity contribution in [1.29, 1.82) is 0 Å². The maximum Gasteiger partial charge on any atom is 0.320 e. The Morgan fingerprint density at radius 1 is 1.09 bits per heavy atom. The predicted molar refractivity (Wildman–Crippen MR) is 94.3 cm³/mol. The molecule has 124 valence electrons. The molecule has 1 aromatic heterocycles. The van der Waals surface area contributed by atoms with Gasteiger partial charge in [0.1, 0.15) is 16.9 Å². The zero-order valence-electron chi connectivity index (χ0n) is 12.3. The van der Waals surface area contributed by atoms with Crippen molar-refractivity contribution in [3.63, 3.8) is 0 Å². The molecular formula is C16H17Cl3N2O2. The number of hydrogen-bond acceptors (Lipinski definition) is 4. The number of carbonyl (C=O) groups excluding carboxylic acids is 1. The van der Waals surface area contributed by atoms with Crippen LogP contribution in [-0.4, -0.2) is 24.0 Å². The molecule has 0 fully saturated rings. The molecule has 1 N–H and O–H groups in total. The van der Waals surface area contributed by atoms with Gasteiger partial charge < -0.3 is 10.1 Å². The fraction of sp³-hybridized carbons (Fsp3) is 0.250. The largest absolute Gasteiger partial charge is 0.460 e. The van der Waals surface area contributed by atoms with Crippen LogP contribution in [0.15, 0.2) is 42.5 Å². The minimum atomic E-state index is -0.322. The van der Waals surface area contributed by atoms with Gasteiger partial charge in [0.05, 0.1) is 6.54 Å². The monoisotopic (exact) mass is 374 g/mol. The molecule has 0 amide bonds. The maximum absolute atomic E-state index is 11.6.